The molecule has 1 N–H and O–H groups in total. The molecule has 2 unspecified atom stereocenters. The van der Waals surface area contributed by atoms with Gasteiger partial charge in [0.2, 0.25) is 0 Å². The summed E-state index contributed by atoms with van der Waals surface area (Å²) in [7, 11) is 0. The molecule has 2 nitrogen and oxygen atoms in total. The van der Waals surface area contributed by atoms with Crippen LogP contribution in [0.25, 0.3) is 0 Å². The molecule has 2 heterocycles. The van der Waals surface area contributed by atoms with E-state index in [1.165, 1.54) is 28.6 Å². The molecule has 1 aliphatic heterocycles. The zero-order valence-electron chi connectivity index (χ0n) is 12.3. The molecule has 1 aromatic rings. The van der Waals surface area contributed by atoms with Crippen molar-refractivity contribution in [3.63, 3.8) is 0 Å². The van der Waals surface area contributed by atoms with Gasteiger partial charge in [0.15, 0.2) is 0 Å². The van der Waals surface area contributed by atoms with Gasteiger partial charge in [-0.25, -0.2) is 0 Å². The van der Waals surface area contributed by atoms with Crippen LogP contribution in [0.1, 0.15) is 38.0 Å². The Hall–Kier alpha value is 0.1000. The Bertz CT molecular complexity index is 457. The topological polar surface area (TPSA) is 21.3 Å². The van der Waals surface area contributed by atoms with E-state index in [4.69, 9.17) is 4.74 Å². The molecule has 0 bridgehead atoms. The highest BCUT2D eigenvalue weighted by Crippen LogP contribution is 2.49. The lowest BCUT2D eigenvalue weighted by Crippen LogP contribution is -2.45. The van der Waals surface area contributed by atoms with Crippen LogP contribution in [0.4, 0.5) is 0 Å². The Morgan fingerprint density at radius 3 is 2.90 bits per heavy atom. The number of hydrogen-bond donors (Lipinski definition) is 1. The fourth-order valence-corrected chi connectivity index (χ4v) is 4.99. The van der Waals surface area contributed by atoms with E-state index < -0.39 is 0 Å². The van der Waals surface area contributed by atoms with Crippen molar-refractivity contribution < 1.29 is 4.74 Å². The lowest BCUT2D eigenvalue weighted by molar-refractivity contribution is 0.0302. The Labute approximate surface area is 134 Å². The average molecular weight is 358 g/mol. The minimum atomic E-state index is 0.301. The van der Waals surface area contributed by atoms with Gasteiger partial charge >= 0.3 is 0 Å². The van der Waals surface area contributed by atoms with Crippen molar-refractivity contribution in [1.82, 2.24) is 5.32 Å². The maximum atomic E-state index is 6.16. The van der Waals surface area contributed by atoms with Gasteiger partial charge in [-0.3, -0.25) is 0 Å². The molecule has 1 aromatic heterocycles. The summed E-state index contributed by atoms with van der Waals surface area (Å²) in [5.74, 6) is 0.815. The third kappa shape index (κ3) is 3.29. The van der Waals surface area contributed by atoms with Gasteiger partial charge in [0, 0.05) is 39.3 Å². The van der Waals surface area contributed by atoms with Crippen LogP contribution in [0.5, 0.6) is 0 Å². The second-order valence-corrected chi connectivity index (χ2v) is 8.60. The number of hydrogen-bond acceptors (Lipinski definition) is 3. The van der Waals surface area contributed by atoms with E-state index in [0.29, 0.717) is 17.6 Å². The molecule has 2 atom stereocenters. The van der Waals surface area contributed by atoms with Crippen LogP contribution in [0.2, 0.25) is 0 Å². The van der Waals surface area contributed by atoms with E-state index in [1.807, 2.05) is 11.3 Å². The summed E-state index contributed by atoms with van der Waals surface area (Å²) in [5.41, 5.74) is 0.301. The molecule has 0 aromatic carbocycles. The monoisotopic (exact) mass is 357 g/mol. The van der Waals surface area contributed by atoms with Gasteiger partial charge in [0.05, 0.1) is 6.10 Å². The average Bonchev–Trinajstić information content (AvgIpc) is 3.04. The molecule has 0 amide bonds. The van der Waals surface area contributed by atoms with Gasteiger partial charge in [-0.15, -0.1) is 11.3 Å². The smallest absolute Gasteiger partial charge is 0.0675 e. The highest BCUT2D eigenvalue weighted by Gasteiger charge is 2.50. The number of rotatable bonds is 6. The van der Waals surface area contributed by atoms with Crippen molar-refractivity contribution in [2.75, 3.05) is 13.2 Å². The lowest BCUT2D eigenvalue weighted by Gasteiger charge is -2.35. The van der Waals surface area contributed by atoms with Crippen LogP contribution in [-0.2, 0) is 11.2 Å². The second-order valence-electron chi connectivity index (χ2n) is 6.68. The first-order valence-corrected chi connectivity index (χ1v) is 9.34. The summed E-state index contributed by atoms with van der Waals surface area (Å²) in [6.07, 6.45) is 5.55. The minimum Gasteiger partial charge on any atom is -0.377 e. The summed E-state index contributed by atoms with van der Waals surface area (Å²) < 4.78 is 7.37. The van der Waals surface area contributed by atoms with E-state index in [1.54, 1.807) is 0 Å². The fraction of sp³-hybridized carbons (Fsp3) is 0.750. The fourth-order valence-electron chi connectivity index (χ4n) is 3.38. The zero-order chi connectivity index (χ0) is 14.2. The van der Waals surface area contributed by atoms with Gasteiger partial charge in [0.1, 0.15) is 0 Å². The Morgan fingerprint density at radius 1 is 1.50 bits per heavy atom. The molecule has 20 heavy (non-hydrogen) atoms. The highest BCUT2D eigenvalue weighted by molar-refractivity contribution is 9.10. The summed E-state index contributed by atoms with van der Waals surface area (Å²) in [5, 5.41) is 5.88. The summed E-state index contributed by atoms with van der Waals surface area (Å²) in [6, 6.07) is 2.83. The maximum Gasteiger partial charge on any atom is 0.0675 e. The van der Waals surface area contributed by atoms with Crippen LogP contribution < -0.4 is 5.32 Å². The summed E-state index contributed by atoms with van der Waals surface area (Å²) in [6.45, 7) is 6.49. The number of ether oxygens (including phenoxy) is 1. The van der Waals surface area contributed by atoms with E-state index in [9.17, 15) is 0 Å². The molecule has 4 heteroatoms. The Balaban J connectivity index is 1.78. The first kappa shape index (κ1) is 15.0. The van der Waals surface area contributed by atoms with Crippen molar-refractivity contribution in [3.05, 3.63) is 20.8 Å². The van der Waals surface area contributed by atoms with E-state index in [2.05, 4.69) is 46.5 Å². The standard InChI is InChI=1S/C16H24BrNOS/c1-11(2)18-10-16(8-14-7-13(17)9-20-14)5-6-19-15(16)12-3-4-12/h7,9,11-12,15,18H,3-6,8,10H2,1-2H3. The van der Waals surface area contributed by atoms with Crippen LogP contribution in [0.15, 0.2) is 15.9 Å². The molecule has 1 saturated heterocycles. The molecule has 3 rings (SSSR count). The minimum absolute atomic E-state index is 0.301. The molecule has 112 valence electrons. The van der Waals surface area contributed by atoms with Crippen molar-refractivity contribution in [1.29, 1.82) is 0 Å². The predicted molar refractivity (Wildman–Crippen MR) is 88.4 cm³/mol. The number of halogens is 1. The molecule has 2 fully saturated rings. The summed E-state index contributed by atoms with van der Waals surface area (Å²) >= 11 is 5.45. The van der Waals surface area contributed by atoms with Gasteiger partial charge < -0.3 is 10.1 Å². The van der Waals surface area contributed by atoms with Crippen LogP contribution in [0, 0.1) is 11.3 Å². The Kier molecular flexibility index (Phi) is 4.56. The van der Waals surface area contributed by atoms with Gasteiger partial charge in [0.25, 0.3) is 0 Å². The van der Waals surface area contributed by atoms with E-state index in [0.717, 1.165) is 25.5 Å². The van der Waals surface area contributed by atoms with Crippen molar-refractivity contribution in [3.8, 4) is 0 Å². The third-order valence-corrected chi connectivity index (χ3v) is 6.26. The van der Waals surface area contributed by atoms with Crippen LogP contribution in [-0.4, -0.2) is 25.3 Å². The summed E-state index contributed by atoms with van der Waals surface area (Å²) in [4.78, 5) is 1.48. The molecular formula is C16H24BrNOS. The normalized spacial score (nSPS) is 30.3. The maximum absolute atomic E-state index is 6.16. The van der Waals surface area contributed by atoms with Crippen LogP contribution >= 0.6 is 27.3 Å². The number of nitrogens with one attached hydrogen (secondary N) is 1. The van der Waals surface area contributed by atoms with Crippen molar-refractivity contribution in [2.45, 2.75) is 51.7 Å². The molecule has 0 radical (unpaired) electrons. The predicted octanol–water partition coefficient (Wildman–Crippen LogP) is 4.24. The van der Waals surface area contributed by atoms with E-state index in [-0.39, 0.29) is 0 Å². The van der Waals surface area contributed by atoms with Gasteiger partial charge in [-0.05, 0) is 53.6 Å². The molecule has 0 spiro atoms. The van der Waals surface area contributed by atoms with Gasteiger partial charge in [-0.1, -0.05) is 13.8 Å². The zero-order valence-corrected chi connectivity index (χ0v) is 14.7. The first-order valence-electron chi connectivity index (χ1n) is 7.67. The first-order chi connectivity index (χ1) is 9.59. The second kappa shape index (κ2) is 6.07. The van der Waals surface area contributed by atoms with Crippen molar-refractivity contribution in [2.24, 2.45) is 11.3 Å². The third-order valence-electron chi connectivity index (χ3n) is 4.56. The molecule has 1 saturated carbocycles. The Morgan fingerprint density at radius 2 is 2.30 bits per heavy atom. The largest absolute Gasteiger partial charge is 0.377 e. The SMILES string of the molecule is CC(C)NCC1(Cc2cc(Br)cs2)CCOC1C1CC1. The van der Waals surface area contributed by atoms with Gasteiger partial charge in [-0.2, -0.15) is 0 Å². The lowest BCUT2D eigenvalue weighted by atomic mass is 9.75. The number of thiophene rings is 1. The molecule has 1 aliphatic carbocycles. The quantitative estimate of drug-likeness (QED) is 0.821. The van der Waals surface area contributed by atoms with Crippen LogP contribution in [0.3, 0.4) is 0 Å². The van der Waals surface area contributed by atoms with E-state index >= 15 is 0 Å². The molecular weight excluding hydrogens is 334 g/mol. The molecule has 2 aliphatic rings. The van der Waals surface area contributed by atoms with Crippen molar-refractivity contribution >= 4 is 27.3 Å². The highest BCUT2D eigenvalue weighted by atomic mass is 79.9.